The van der Waals surface area contributed by atoms with Gasteiger partial charge in [0.2, 0.25) is 0 Å². The first-order valence-corrected chi connectivity index (χ1v) is 7.72. The van der Waals surface area contributed by atoms with E-state index in [1.54, 1.807) is 12.1 Å². The molecular weight excluding hydrogens is 325 g/mol. The van der Waals surface area contributed by atoms with Gasteiger partial charge in [-0.25, -0.2) is 8.98 Å². The predicted octanol–water partition coefficient (Wildman–Crippen LogP) is 2.64. The molecule has 0 saturated carbocycles. The van der Waals surface area contributed by atoms with Crippen LogP contribution in [-0.4, -0.2) is 31.1 Å². The first-order valence-electron chi connectivity index (χ1n) is 6.31. The number of carboxylic acid groups (broad SMARTS) is 1. The number of benzene rings is 1. The normalized spacial score (nSPS) is 13.8. The van der Waals surface area contributed by atoms with Crippen LogP contribution in [-0.2, 0) is 25.5 Å². The van der Waals surface area contributed by atoms with Gasteiger partial charge in [-0.15, -0.1) is 0 Å². The number of aliphatic carboxylic acids is 1. The number of halogens is 3. The summed E-state index contributed by atoms with van der Waals surface area (Å²) in [7, 11) is -5.93. The Balaban J connectivity index is 2.67. The summed E-state index contributed by atoms with van der Waals surface area (Å²) >= 11 is 0. The Morgan fingerprint density at radius 1 is 1.32 bits per heavy atom. The first-order chi connectivity index (χ1) is 10.0. The van der Waals surface area contributed by atoms with Gasteiger partial charge >= 0.3 is 21.6 Å². The van der Waals surface area contributed by atoms with Gasteiger partial charge in [-0.3, -0.25) is 0 Å². The van der Waals surface area contributed by atoms with Crippen molar-refractivity contribution in [1.29, 1.82) is 0 Å². The molecule has 124 valence electrons. The molecule has 0 bridgehead atoms. The van der Waals surface area contributed by atoms with Gasteiger partial charge in [0.15, 0.2) is 6.10 Å². The van der Waals surface area contributed by atoms with Gasteiger partial charge < -0.3 is 5.11 Å². The van der Waals surface area contributed by atoms with E-state index in [4.69, 9.17) is 5.11 Å². The Bertz CT molecular complexity index is 625. The van der Waals surface area contributed by atoms with Crippen LogP contribution in [0.4, 0.5) is 13.2 Å². The van der Waals surface area contributed by atoms with E-state index < -0.39 is 27.7 Å². The molecule has 9 heteroatoms. The Kier molecular flexibility index (Phi) is 5.95. The number of carbonyl (C=O) groups is 1. The lowest BCUT2D eigenvalue weighted by atomic mass is 10.0. The summed E-state index contributed by atoms with van der Waals surface area (Å²) in [6.45, 7) is 1.84. The fourth-order valence-electron chi connectivity index (χ4n) is 1.79. The quantitative estimate of drug-likeness (QED) is 0.610. The first kappa shape index (κ1) is 18.4. The van der Waals surface area contributed by atoms with E-state index in [0.717, 1.165) is 11.1 Å². The molecule has 22 heavy (non-hydrogen) atoms. The van der Waals surface area contributed by atoms with Crippen LogP contribution in [0.25, 0.3) is 0 Å². The second-order valence-corrected chi connectivity index (χ2v) is 6.21. The maximum absolute atomic E-state index is 12.2. The van der Waals surface area contributed by atoms with Gasteiger partial charge in [-0.2, -0.15) is 21.6 Å². The van der Waals surface area contributed by atoms with Crippen LogP contribution in [0.3, 0.4) is 0 Å². The Morgan fingerprint density at radius 2 is 1.91 bits per heavy atom. The van der Waals surface area contributed by atoms with Crippen molar-refractivity contribution in [1.82, 2.24) is 0 Å². The molecule has 0 fully saturated rings. The summed E-state index contributed by atoms with van der Waals surface area (Å²) in [5.74, 6) is -1.75. The van der Waals surface area contributed by atoms with Crippen LogP contribution >= 0.6 is 0 Å². The van der Waals surface area contributed by atoms with Crippen molar-refractivity contribution in [3.05, 3.63) is 35.4 Å². The van der Waals surface area contributed by atoms with E-state index in [-0.39, 0.29) is 12.8 Å². The average Bonchev–Trinajstić information content (AvgIpc) is 2.38. The predicted molar refractivity (Wildman–Crippen MR) is 71.6 cm³/mol. The minimum absolute atomic E-state index is 0.176. The highest BCUT2D eigenvalue weighted by Gasteiger charge is 2.49. The third-order valence-electron chi connectivity index (χ3n) is 2.98. The smallest absolute Gasteiger partial charge is 0.479 e. The molecule has 0 heterocycles. The second-order valence-electron chi connectivity index (χ2n) is 4.64. The fourth-order valence-corrected chi connectivity index (χ4v) is 2.38. The molecule has 0 aromatic heterocycles. The summed E-state index contributed by atoms with van der Waals surface area (Å²) in [5, 5.41) is 8.80. The number of carboxylic acids is 1. The van der Waals surface area contributed by atoms with E-state index in [1.807, 2.05) is 19.1 Å². The summed E-state index contributed by atoms with van der Waals surface area (Å²) in [4.78, 5) is 10.9. The van der Waals surface area contributed by atoms with Crippen LogP contribution in [0.5, 0.6) is 0 Å². The zero-order chi connectivity index (χ0) is 17.0. The van der Waals surface area contributed by atoms with Gasteiger partial charge in [0, 0.05) is 0 Å². The maximum Gasteiger partial charge on any atom is 0.523 e. The fraction of sp³-hybridized carbons (Fsp3) is 0.462. The molecule has 0 aliphatic rings. The molecule has 0 aliphatic carbocycles. The topological polar surface area (TPSA) is 80.7 Å². The second kappa shape index (κ2) is 7.10. The number of alkyl halides is 3. The van der Waals surface area contributed by atoms with Gasteiger partial charge in [0.25, 0.3) is 0 Å². The molecule has 1 atom stereocenters. The Morgan fingerprint density at radius 3 is 2.41 bits per heavy atom. The van der Waals surface area contributed by atoms with Crippen LogP contribution in [0.1, 0.15) is 24.0 Å². The zero-order valence-electron chi connectivity index (χ0n) is 11.6. The molecule has 5 nitrogen and oxygen atoms in total. The molecule has 1 N–H and O–H groups in total. The molecule has 1 aromatic rings. The molecular formula is C13H15F3O5S. The highest BCUT2D eigenvalue weighted by Crippen LogP contribution is 2.26. The van der Waals surface area contributed by atoms with Crippen molar-refractivity contribution in [2.45, 2.75) is 37.8 Å². The number of rotatable bonds is 7. The van der Waals surface area contributed by atoms with Crippen molar-refractivity contribution >= 4 is 16.1 Å². The lowest BCUT2D eigenvalue weighted by Gasteiger charge is -2.15. The van der Waals surface area contributed by atoms with Crippen LogP contribution in [0.2, 0.25) is 0 Å². The van der Waals surface area contributed by atoms with Crippen molar-refractivity contribution in [3.8, 4) is 0 Å². The lowest BCUT2D eigenvalue weighted by Crippen LogP contribution is -2.34. The van der Waals surface area contributed by atoms with Crippen LogP contribution < -0.4 is 0 Å². The van der Waals surface area contributed by atoms with E-state index in [0.29, 0.717) is 6.42 Å². The Labute approximate surface area is 125 Å². The van der Waals surface area contributed by atoms with Crippen molar-refractivity contribution < 1.29 is 35.7 Å². The number of aryl methyl sites for hydroxylation is 2. The molecule has 0 radical (unpaired) electrons. The Hall–Kier alpha value is -1.61. The third kappa shape index (κ3) is 4.99. The molecule has 0 aliphatic heterocycles. The van der Waals surface area contributed by atoms with Gasteiger partial charge in [0.1, 0.15) is 0 Å². The van der Waals surface area contributed by atoms with Gasteiger partial charge in [-0.1, -0.05) is 24.3 Å². The van der Waals surface area contributed by atoms with Crippen LogP contribution in [0, 0.1) is 6.92 Å². The largest absolute Gasteiger partial charge is 0.523 e. The summed E-state index contributed by atoms with van der Waals surface area (Å²) in [6, 6.07) is 7.24. The number of hydrogen-bond acceptors (Lipinski definition) is 4. The lowest BCUT2D eigenvalue weighted by molar-refractivity contribution is -0.146. The van der Waals surface area contributed by atoms with E-state index in [2.05, 4.69) is 4.18 Å². The summed E-state index contributed by atoms with van der Waals surface area (Å²) in [5.41, 5.74) is -3.78. The molecule has 1 aromatic carbocycles. The van der Waals surface area contributed by atoms with E-state index >= 15 is 0 Å². The zero-order valence-corrected chi connectivity index (χ0v) is 12.4. The van der Waals surface area contributed by atoms with Crippen molar-refractivity contribution in [3.63, 3.8) is 0 Å². The molecule has 1 unspecified atom stereocenters. The van der Waals surface area contributed by atoms with E-state index in [9.17, 15) is 26.4 Å². The summed E-state index contributed by atoms with van der Waals surface area (Å²) < 4.78 is 62.0. The maximum atomic E-state index is 12.2. The molecule has 1 rings (SSSR count). The molecule has 0 spiro atoms. The van der Waals surface area contributed by atoms with Crippen molar-refractivity contribution in [2.24, 2.45) is 0 Å². The van der Waals surface area contributed by atoms with Crippen molar-refractivity contribution in [2.75, 3.05) is 0 Å². The average molecular weight is 340 g/mol. The monoisotopic (exact) mass is 340 g/mol. The highest BCUT2D eigenvalue weighted by atomic mass is 32.2. The molecule has 0 saturated heterocycles. The van der Waals surface area contributed by atoms with E-state index in [1.165, 1.54) is 0 Å². The highest BCUT2D eigenvalue weighted by molar-refractivity contribution is 7.87. The van der Waals surface area contributed by atoms with Gasteiger partial charge in [0.05, 0.1) is 0 Å². The third-order valence-corrected chi connectivity index (χ3v) is 4.03. The standard InChI is InChI=1S/C13H15F3O5S/c1-9-5-2-3-6-10(9)7-4-8-11(12(17)18)21-22(19,20)13(14,15)16/h2-3,5-6,11H,4,7-8H2,1H3,(H,17,18). The minimum atomic E-state index is -5.93. The molecule has 0 amide bonds. The van der Waals surface area contributed by atoms with Crippen LogP contribution in [0.15, 0.2) is 24.3 Å². The minimum Gasteiger partial charge on any atom is -0.479 e. The number of hydrogen-bond donors (Lipinski definition) is 1. The summed E-state index contributed by atoms with van der Waals surface area (Å²) in [6.07, 6.45) is -1.82. The van der Waals surface area contributed by atoms with Gasteiger partial charge in [-0.05, 0) is 37.3 Å². The SMILES string of the molecule is Cc1ccccc1CCCC(OS(=O)(=O)C(F)(F)F)C(=O)O.